The number of carbonyl (C=O) groups excluding carboxylic acids is 2. The second-order valence-corrected chi connectivity index (χ2v) is 7.17. The van der Waals surface area contributed by atoms with Gasteiger partial charge in [-0.3, -0.25) is 9.59 Å². The first-order valence-corrected chi connectivity index (χ1v) is 9.04. The van der Waals surface area contributed by atoms with Crippen LogP contribution < -0.4 is 20.1 Å². The first-order valence-electron chi connectivity index (χ1n) is 8.66. The van der Waals surface area contributed by atoms with Crippen molar-refractivity contribution in [2.45, 2.75) is 32.3 Å². The molecule has 0 atom stereocenters. The Morgan fingerprint density at radius 3 is 2.70 bits per heavy atom. The van der Waals surface area contributed by atoms with Crippen LogP contribution in [0.25, 0.3) is 0 Å². The Morgan fingerprint density at radius 2 is 1.96 bits per heavy atom. The summed E-state index contributed by atoms with van der Waals surface area (Å²) in [5, 5.41) is 6.26. The number of rotatable bonds is 6. The Hall–Kier alpha value is -2.73. The molecule has 2 aromatic carbocycles. The third-order valence-electron chi connectivity index (χ3n) is 4.05. The Balaban J connectivity index is 1.48. The fraction of sp³-hybridized carbons (Fsp3) is 0.300. The second kappa shape index (κ2) is 7.88. The van der Waals surface area contributed by atoms with Gasteiger partial charge in [0.05, 0.1) is 12.3 Å². The van der Waals surface area contributed by atoms with E-state index in [1.807, 2.05) is 0 Å². The Kier molecular flexibility index (Phi) is 5.56. The SMILES string of the molecule is CC1(C)Oc2ccc(NC(=O)CCCOc3ccc(Cl)cc3)cc2NC1=O. The molecule has 0 saturated carbocycles. The van der Waals surface area contributed by atoms with Crippen molar-refractivity contribution < 1.29 is 19.1 Å². The monoisotopic (exact) mass is 388 g/mol. The molecule has 6 nitrogen and oxygen atoms in total. The van der Waals surface area contributed by atoms with E-state index >= 15 is 0 Å². The fourth-order valence-electron chi connectivity index (χ4n) is 2.57. The van der Waals surface area contributed by atoms with E-state index in [2.05, 4.69) is 10.6 Å². The summed E-state index contributed by atoms with van der Waals surface area (Å²) in [6.07, 6.45) is 0.897. The first kappa shape index (κ1) is 19.0. The maximum absolute atomic E-state index is 12.1. The number of fused-ring (bicyclic) bond motifs is 1. The molecule has 2 amide bonds. The lowest BCUT2D eigenvalue weighted by molar-refractivity contribution is -0.129. The maximum Gasteiger partial charge on any atom is 0.268 e. The van der Waals surface area contributed by atoms with Crippen LogP contribution in [0.15, 0.2) is 42.5 Å². The summed E-state index contributed by atoms with van der Waals surface area (Å²) in [6.45, 7) is 3.83. The number of amides is 2. The van der Waals surface area contributed by atoms with Crippen molar-refractivity contribution in [3.8, 4) is 11.5 Å². The van der Waals surface area contributed by atoms with Crippen molar-refractivity contribution in [2.75, 3.05) is 17.2 Å². The Labute approximate surface area is 162 Å². The van der Waals surface area contributed by atoms with Crippen LogP contribution in [0.2, 0.25) is 5.02 Å². The van der Waals surface area contributed by atoms with E-state index in [4.69, 9.17) is 21.1 Å². The van der Waals surface area contributed by atoms with Gasteiger partial charge in [0.1, 0.15) is 11.5 Å². The van der Waals surface area contributed by atoms with Gasteiger partial charge in [0.2, 0.25) is 5.91 Å². The van der Waals surface area contributed by atoms with E-state index in [1.54, 1.807) is 56.3 Å². The van der Waals surface area contributed by atoms with Crippen molar-refractivity contribution in [3.05, 3.63) is 47.5 Å². The maximum atomic E-state index is 12.1. The summed E-state index contributed by atoms with van der Waals surface area (Å²) in [5.41, 5.74) is 0.228. The molecule has 3 rings (SSSR count). The Morgan fingerprint density at radius 1 is 1.22 bits per heavy atom. The van der Waals surface area contributed by atoms with Gasteiger partial charge in [-0.15, -0.1) is 0 Å². The zero-order valence-corrected chi connectivity index (χ0v) is 15.9. The quantitative estimate of drug-likeness (QED) is 0.725. The van der Waals surface area contributed by atoms with E-state index in [-0.39, 0.29) is 11.8 Å². The molecule has 0 saturated heterocycles. The third-order valence-corrected chi connectivity index (χ3v) is 4.31. The molecule has 27 heavy (non-hydrogen) atoms. The molecule has 0 unspecified atom stereocenters. The molecular formula is C20H21ClN2O4. The highest BCUT2D eigenvalue weighted by atomic mass is 35.5. The number of carbonyl (C=O) groups is 2. The van der Waals surface area contributed by atoms with Crippen LogP contribution in [0.5, 0.6) is 11.5 Å². The molecule has 1 aliphatic rings. The molecule has 142 valence electrons. The van der Waals surface area contributed by atoms with Gasteiger partial charge in [-0.1, -0.05) is 11.6 Å². The van der Waals surface area contributed by atoms with Gasteiger partial charge in [0.15, 0.2) is 5.60 Å². The molecule has 0 aromatic heterocycles. The summed E-state index contributed by atoms with van der Waals surface area (Å²) in [4.78, 5) is 24.1. The van der Waals surface area contributed by atoms with Crippen LogP contribution in [0.3, 0.4) is 0 Å². The van der Waals surface area contributed by atoms with Gasteiger partial charge < -0.3 is 20.1 Å². The summed E-state index contributed by atoms with van der Waals surface area (Å²) >= 11 is 5.82. The average molecular weight is 389 g/mol. The lowest BCUT2D eigenvalue weighted by Gasteiger charge is -2.31. The van der Waals surface area contributed by atoms with Crippen molar-refractivity contribution >= 4 is 34.8 Å². The fourth-order valence-corrected chi connectivity index (χ4v) is 2.69. The summed E-state index contributed by atoms with van der Waals surface area (Å²) in [7, 11) is 0. The van der Waals surface area contributed by atoms with Crippen LogP contribution in [-0.2, 0) is 9.59 Å². The van der Waals surface area contributed by atoms with Gasteiger partial charge >= 0.3 is 0 Å². The summed E-state index contributed by atoms with van der Waals surface area (Å²) in [5.74, 6) is 0.943. The lowest BCUT2D eigenvalue weighted by Crippen LogP contribution is -2.45. The molecule has 1 heterocycles. The molecular weight excluding hydrogens is 368 g/mol. The standard InChI is InChI=1S/C20H21ClN2O4/c1-20(2)19(25)23-16-12-14(7-10-17(16)27-20)22-18(24)4-3-11-26-15-8-5-13(21)6-9-15/h5-10,12H,3-4,11H2,1-2H3,(H,22,24)(H,23,25). The summed E-state index contributed by atoms with van der Waals surface area (Å²) in [6, 6.07) is 12.2. The predicted octanol–water partition coefficient (Wildman–Crippen LogP) is 4.25. The smallest absolute Gasteiger partial charge is 0.268 e. The molecule has 7 heteroatoms. The van der Waals surface area contributed by atoms with Gasteiger partial charge in [-0.2, -0.15) is 0 Å². The highest BCUT2D eigenvalue weighted by molar-refractivity contribution is 6.30. The molecule has 0 radical (unpaired) electrons. The van der Waals surface area contributed by atoms with Gasteiger partial charge in [-0.25, -0.2) is 0 Å². The van der Waals surface area contributed by atoms with Gasteiger partial charge in [-0.05, 0) is 62.7 Å². The highest BCUT2D eigenvalue weighted by Crippen LogP contribution is 2.35. The van der Waals surface area contributed by atoms with Crippen molar-refractivity contribution in [2.24, 2.45) is 0 Å². The van der Waals surface area contributed by atoms with E-state index in [1.165, 1.54) is 0 Å². The number of nitrogens with one attached hydrogen (secondary N) is 2. The number of hydrogen-bond acceptors (Lipinski definition) is 4. The Bertz CT molecular complexity index is 850. The highest BCUT2D eigenvalue weighted by Gasteiger charge is 2.35. The van der Waals surface area contributed by atoms with E-state index in [0.29, 0.717) is 47.3 Å². The molecule has 0 aliphatic carbocycles. The number of benzene rings is 2. The van der Waals surface area contributed by atoms with Crippen LogP contribution in [0.4, 0.5) is 11.4 Å². The summed E-state index contributed by atoms with van der Waals surface area (Å²) < 4.78 is 11.2. The number of anilines is 2. The molecule has 2 aromatic rings. The predicted molar refractivity (Wildman–Crippen MR) is 105 cm³/mol. The van der Waals surface area contributed by atoms with E-state index < -0.39 is 5.60 Å². The molecule has 0 fully saturated rings. The minimum Gasteiger partial charge on any atom is -0.494 e. The zero-order chi connectivity index (χ0) is 19.4. The zero-order valence-electron chi connectivity index (χ0n) is 15.2. The van der Waals surface area contributed by atoms with Crippen molar-refractivity contribution in [3.63, 3.8) is 0 Å². The minimum absolute atomic E-state index is 0.127. The number of halogens is 1. The van der Waals surface area contributed by atoms with E-state index in [9.17, 15) is 9.59 Å². The number of ether oxygens (including phenoxy) is 2. The van der Waals surface area contributed by atoms with Gasteiger partial charge in [0.25, 0.3) is 5.91 Å². The molecule has 0 spiro atoms. The molecule has 0 bridgehead atoms. The van der Waals surface area contributed by atoms with E-state index in [0.717, 1.165) is 0 Å². The van der Waals surface area contributed by atoms with Crippen LogP contribution in [0, 0.1) is 0 Å². The largest absolute Gasteiger partial charge is 0.494 e. The minimum atomic E-state index is -0.915. The van der Waals surface area contributed by atoms with Crippen molar-refractivity contribution in [1.29, 1.82) is 0 Å². The topological polar surface area (TPSA) is 76.7 Å². The normalized spacial score (nSPS) is 14.6. The molecule has 1 aliphatic heterocycles. The van der Waals surface area contributed by atoms with Gasteiger partial charge in [0, 0.05) is 17.1 Å². The van der Waals surface area contributed by atoms with Crippen LogP contribution >= 0.6 is 11.6 Å². The van der Waals surface area contributed by atoms with Crippen molar-refractivity contribution in [1.82, 2.24) is 0 Å². The third kappa shape index (κ3) is 4.92. The van der Waals surface area contributed by atoms with Crippen LogP contribution in [-0.4, -0.2) is 24.0 Å². The second-order valence-electron chi connectivity index (χ2n) is 6.73. The number of hydrogen-bond donors (Lipinski definition) is 2. The lowest BCUT2D eigenvalue weighted by atomic mass is 10.1. The first-order chi connectivity index (χ1) is 12.8. The molecule has 2 N–H and O–H groups in total. The average Bonchev–Trinajstić information content (AvgIpc) is 2.61. The van der Waals surface area contributed by atoms with Crippen LogP contribution in [0.1, 0.15) is 26.7 Å².